The molecule has 3 aliphatic heterocycles. The number of amides is 3. The van der Waals surface area contributed by atoms with E-state index in [9.17, 15) is 9.59 Å². The second-order valence-electron chi connectivity index (χ2n) is 7.47. The van der Waals surface area contributed by atoms with Crippen molar-refractivity contribution in [2.75, 3.05) is 32.2 Å². The molecule has 0 saturated carbocycles. The van der Waals surface area contributed by atoms with Crippen molar-refractivity contribution in [3.05, 3.63) is 41.2 Å². The van der Waals surface area contributed by atoms with Gasteiger partial charge in [-0.05, 0) is 32.4 Å². The van der Waals surface area contributed by atoms with Crippen molar-refractivity contribution in [2.45, 2.75) is 33.0 Å². The molecule has 0 aliphatic carbocycles. The van der Waals surface area contributed by atoms with Crippen molar-refractivity contribution in [1.82, 2.24) is 14.7 Å². The maximum absolute atomic E-state index is 13.1. The number of aryl methyl sites for hydroxylation is 2. The number of ether oxygens (including phenoxy) is 1. The number of rotatable bonds is 4. The Morgan fingerprint density at radius 3 is 2.61 bits per heavy atom. The number of methoxy groups -OCH3 is 1. The summed E-state index contributed by atoms with van der Waals surface area (Å²) in [4.78, 5) is 37.3. The van der Waals surface area contributed by atoms with Crippen molar-refractivity contribution in [3.63, 3.8) is 0 Å². The van der Waals surface area contributed by atoms with E-state index in [2.05, 4.69) is 36.9 Å². The minimum Gasteiger partial charge on any atom is -0.383 e. The summed E-state index contributed by atoms with van der Waals surface area (Å²) in [5.74, 6) is 0.441. The summed E-state index contributed by atoms with van der Waals surface area (Å²) in [7, 11) is 3.24. The normalized spacial score (nSPS) is 23.9. The van der Waals surface area contributed by atoms with E-state index in [1.165, 1.54) is 15.4 Å². The van der Waals surface area contributed by atoms with Crippen molar-refractivity contribution in [3.8, 4) is 0 Å². The van der Waals surface area contributed by atoms with Crippen LogP contribution in [0, 0.1) is 13.8 Å². The molecule has 28 heavy (non-hydrogen) atoms. The first-order valence-corrected chi connectivity index (χ1v) is 9.34. The van der Waals surface area contributed by atoms with E-state index < -0.39 is 12.2 Å². The summed E-state index contributed by atoms with van der Waals surface area (Å²) < 4.78 is 5.06. The topological polar surface area (TPSA) is 68.7 Å². The van der Waals surface area contributed by atoms with E-state index in [0.717, 1.165) is 16.9 Å². The van der Waals surface area contributed by atoms with Crippen LogP contribution in [0.25, 0.3) is 0 Å². The molecule has 0 spiro atoms. The van der Waals surface area contributed by atoms with Gasteiger partial charge in [-0.2, -0.15) is 0 Å². The van der Waals surface area contributed by atoms with Crippen LogP contribution < -0.4 is 4.90 Å². The molecular formula is C20H25N5O3. The maximum Gasteiger partial charge on any atom is 0.328 e. The van der Waals surface area contributed by atoms with Crippen molar-refractivity contribution >= 4 is 23.6 Å². The Morgan fingerprint density at radius 2 is 1.93 bits per heavy atom. The number of likely N-dealkylation sites (N-methyl/N-ethyl adjacent to an activating group) is 1. The lowest BCUT2D eigenvalue weighted by Gasteiger charge is -2.40. The third-order valence-electron chi connectivity index (χ3n) is 5.50. The fourth-order valence-corrected chi connectivity index (χ4v) is 4.10. The van der Waals surface area contributed by atoms with E-state index in [1.807, 2.05) is 18.0 Å². The molecule has 1 aromatic carbocycles. The second kappa shape index (κ2) is 6.63. The number of hydrogen-bond donors (Lipinski definition) is 0. The molecule has 148 valence electrons. The molecule has 2 atom stereocenters. The van der Waals surface area contributed by atoms with Crippen LogP contribution in [0.4, 0.5) is 10.5 Å². The Kier molecular flexibility index (Phi) is 4.38. The van der Waals surface area contributed by atoms with Crippen LogP contribution in [0.3, 0.4) is 0 Å². The summed E-state index contributed by atoms with van der Waals surface area (Å²) in [6, 6.07) is 5.36. The van der Waals surface area contributed by atoms with Gasteiger partial charge in [0, 0.05) is 26.1 Å². The lowest BCUT2D eigenvalue weighted by molar-refractivity contribution is -0.137. The van der Waals surface area contributed by atoms with Crippen LogP contribution >= 0.6 is 0 Å². The SMILES string of the molecule is COCCN1C(=O)C2C(N=C3N(c4ccc(C)cc4C)C(C)=CN32)N(C)C1=O. The Hall–Kier alpha value is -2.87. The highest BCUT2D eigenvalue weighted by atomic mass is 16.5. The molecule has 3 aliphatic rings. The van der Waals surface area contributed by atoms with Crippen LogP contribution in [-0.2, 0) is 9.53 Å². The van der Waals surface area contributed by atoms with Crippen molar-refractivity contribution in [2.24, 2.45) is 4.99 Å². The number of fused-ring (bicyclic) bond motifs is 3. The molecule has 0 aromatic heterocycles. The van der Waals surface area contributed by atoms with Gasteiger partial charge in [0.25, 0.3) is 5.91 Å². The van der Waals surface area contributed by atoms with Gasteiger partial charge in [-0.1, -0.05) is 17.7 Å². The van der Waals surface area contributed by atoms with E-state index in [0.29, 0.717) is 12.6 Å². The monoisotopic (exact) mass is 383 g/mol. The van der Waals surface area contributed by atoms with Gasteiger partial charge in [0.15, 0.2) is 12.2 Å². The highest BCUT2D eigenvalue weighted by Crippen LogP contribution is 2.37. The van der Waals surface area contributed by atoms with Crippen LogP contribution in [0.2, 0.25) is 0 Å². The Morgan fingerprint density at radius 1 is 1.18 bits per heavy atom. The minimum atomic E-state index is -0.555. The largest absolute Gasteiger partial charge is 0.383 e. The molecule has 3 heterocycles. The van der Waals surface area contributed by atoms with E-state index >= 15 is 0 Å². The number of hydrogen-bond acceptors (Lipinski definition) is 6. The number of allylic oxidation sites excluding steroid dienone is 1. The lowest BCUT2D eigenvalue weighted by atomic mass is 10.1. The number of nitrogens with zero attached hydrogens (tertiary/aromatic N) is 5. The number of imide groups is 1. The molecule has 3 amide bonds. The first-order chi connectivity index (χ1) is 13.3. The van der Waals surface area contributed by atoms with Gasteiger partial charge in [-0.15, -0.1) is 0 Å². The zero-order valence-corrected chi connectivity index (χ0v) is 16.8. The smallest absolute Gasteiger partial charge is 0.328 e. The predicted octanol–water partition coefficient (Wildman–Crippen LogP) is 1.89. The van der Waals surface area contributed by atoms with Gasteiger partial charge < -0.3 is 14.5 Å². The van der Waals surface area contributed by atoms with Gasteiger partial charge in [0.05, 0.1) is 18.8 Å². The molecule has 8 nitrogen and oxygen atoms in total. The zero-order chi connectivity index (χ0) is 20.2. The highest BCUT2D eigenvalue weighted by Gasteiger charge is 2.54. The number of aliphatic imine (C=N–C) groups is 1. The standard InChI is InChI=1S/C20H25N5O3/c1-12-6-7-15(13(2)10-12)25-14(3)11-24-16-17(21-19(24)25)22(4)20(27)23(18(16)26)8-9-28-5/h6-7,10-11,16-17H,8-9H2,1-5H3. The Balaban J connectivity index is 1.71. The zero-order valence-electron chi connectivity index (χ0n) is 16.8. The van der Waals surface area contributed by atoms with Crippen molar-refractivity contribution in [1.29, 1.82) is 0 Å². The van der Waals surface area contributed by atoms with Gasteiger partial charge in [-0.25, -0.2) is 9.79 Å². The quantitative estimate of drug-likeness (QED) is 0.794. The Bertz CT molecular complexity index is 909. The number of benzene rings is 1. The lowest BCUT2D eigenvalue weighted by Crippen LogP contribution is -2.64. The molecular weight excluding hydrogens is 358 g/mol. The third-order valence-corrected chi connectivity index (χ3v) is 5.50. The van der Waals surface area contributed by atoms with E-state index in [4.69, 9.17) is 9.73 Å². The molecule has 8 heteroatoms. The molecule has 1 saturated heterocycles. The Labute approximate surface area is 164 Å². The highest BCUT2D eigenvalue weighted by molar-refractivity contribution is 6.10. The van der Waals surface area contributed by atoms with Crippen LogP contribution in [0.1, 0.15) is 18.1 Å². The fourth-order valence-electron chi connectivity index (χ4n) is 4.10. The number of urea groups is 1. The molecule has 0 N–H and O–H groups in total. The number of anilines is 1. The predicted molar refractivity (Wildman–Crippen MR) is 106 cm³/mol. The maximum atomic E-state index is 13.1. The van der Waals surface area contributed by atoms with E-state index in [-0.39, 0.29) is 18.5 Å². The molecule has 1 aromatic rings. The molecule has 0 radical (unpaired) electrons. The first-order valence-electron chi connectivity index (χ1n) is 9.34. The summed E-state index contributed by atoms with van der Waals surface area (Å²) in [5, 5.41) is 0. The van der Waals surface area contributed by atoms with Crippen LogP contribution in [-0.4, -0.2) is 72.1 Å². The molecule has 2 unspecified atom stereocenters. The number of carbonyl (C=O) groups excluding carboxylic acids is 2. The molecule has 4 rings (SSSR count). The van der Waals surface area contributed by atoms with Crippen LogP contribution in [0.15, 0.2) is 35.1 Å². The summed E-state index contributed by atoms with van der Waals surface area (Å²) in [6.07, 6.45) is 1.41. The fraction of sp³-hybridized carbons (Fsp3) is 0.450. The number of guanidine groups is 1. The second-order valence-corrected chi connectivity index (χ2v) is 7.47. The van der Waals surface area contributed by atoms with Gasteiger partial charge >= 0.3 is 6.03 Å². The van der Waals surface area contributed by atoms with Gasteiger partial charge in [0.1, 0.15) is 0 Å². The van der Waals surface area contributed by atoms with Gasteiger partial charge in [0.2, 0.25) is 5.96 Å². The minimum absolute atomic E-state index is 0.231. The summed E-state index contributed by atoms with van der Waals surface area (Å²) >= 11 is 0. The molecule has 1 fully saturated rings. The van der Waals surface area contributed by atoms with E-state index in [1.54, 1.807) is 14.2 Å². The average Bonchev–Trinajstić information content (AvgIpc) is 3.15. The number of carbonyl (C=O) groups is 2. The van der Waals surface area contributed by atoms with Crippen molar-refractivity contribution < 1.29 is 14.3 Å². The first kappa shape index (κ1) is 18.5. The average molecular weight is 383 g/mol. The third kappa shape index (κ3) is 2.59. The van der Waals surface area contributed by atoms with Crippen LogP contribution in [0.5, 0.6) is 0 Å². The summed E-state index contributed by atoms with van der Waals surface area (Å²) in [5.41, 5.74) is 4.33. The summed E-state index contributed by atoms with van der Waals surface area (Å²) in [6.45, 7) is 6.66. The molecule has 0 bridgehead atoms. The van der Waals surface area contributed by atoms with Gasteiger partial charge in [-0.3, -0.25) is 14.6 Å².